The fourth-order valence-corrected chi connectivity index (χ4v) is 1.64. The van der Waals surface area contributed by atoms with E-state index in [1.54, 1.807) is 12.0 Å². The van der Waals surface area contributed by atoms with E-state index in [4.69, 9.17) is 5.73 Å². The van der Waals surface area contributed by atoms with Crippen LogP contribution in [0.4, 0.5) is 0 Å². The van der Waals surface area contributed by atoms with Gasteiger partial charge in [0.15, 0.2) is 5.96 Å². The SMILES string of the molecule is C#C.CC.CCOC.CC[C@H](C)CN1C(=O)CC(C)(C)N=C1N. The first-order valence-electron chi connectivity index (χ1n) is 8.25. The molecule has 1 aliphatic heterocycles. The molecule has 1 amide bonds. The summed E-state index contributed by atoms with van der Waals surface area (Å²) in [5.74, 6) is 0.924. The van der Waals surface area contributed by atoms with Crippen LogP contribution in [0.2, 0.25) is 0 Å². The van der Waals surface area contributed by atoms with Gasteiger partial charge in [-0.25, -0.2) is 4.99 Å². The number of carbonyl (C=O) groups excluding carboxylic acids is 1. The summed E-state index contributed by atoms with van der Waals surface area (Å²) in [5.41, 5.74) is 5.46. The largest absolute Gasteiger partial charge is 0.385 e. The van der Waals surface area contributed by atoms with E-state index in [1.807, 2.05) is 34.6 Å². The minimum atomic E-state index is -0.340. The molecule has 0 spiro atoms. The third-order valence-corrected chi connectivity index (χ3v) is 3.06. The zero-order valence-electron chi connectivity index (χ0n) is 16.3. The maximum absolute atomic E-state index is 11.8. The molecule has 0 saturated heterocycles. The van der Waals surface area contributed by atoms with Gasteiger partial charge in [0, 0.05) is 20.3 Å². The smallest absolute Gasteiger partial charge is 0.231 e. The summed E-state index contributed by atoms with van der Waals surface area (Å²) in [6.45, 7) is 15.5. The van der Waals surface area contributed by atoms with Crippen molar-refractivity contribution >= 4 is 11.9 Å². The summed E-state index contributed by atoms with van der Waals surface area (Å²) >= 11 is 0. The molecule has 5 nitrogen and oxygen atoms in total. The maximum Gasteiger partial charge on any atom is 0.231 e. The Labute approximate surface area is 143 Å². The molecule has 23 heavy (non-hydrogen) atoms. The summed E-state index contributed by atoms with van der Waals surface area (Å²) in [7, 11) is 1.68. The van der Waals surface area contributed by atoms with Crippen LogP contribution >= 0.6 is 0 Å². The number of methoxy groups -OCH3 is 1. The number of amides is 1. The molecule has 1 heterocycles. The van der Waals surface area contributed by atoms with Crippen LogP contribution in [-0.2, 0) is 9.53 Å². The van der Waals surface area contributed by atoms with Crippen molar-refractivity contribution in [3.05, 3.63) is 0 Å². The van der Waals surface area contributed by atoms with Crippen LogP contribution in [0.3, 0.4) is 0 Å². The zero-order valence-corrected chi connectivity index (χ0v) is 16.3. The van der Waals surface area contributed by atoms with Crippen molar-refractivity contribution in [1.29, 1.82) is 0 Å². The third kappa shape index (κ3) is 12.7. The Morgan fingerprint density at radius 1 is 1.35 bits per heavy atom. The number of guanidine groups is 1. The lowest BCUT2D eigenvalue weighted by Gasteiger charge is -2.33. The quantitative estimate of drug-likeness (QED) is 0.806. The molecule has 0 unspecified atom stereocenters. The first-order valence-corrected chi connectivity index (χ1v) is 8.25. The first kappa shape index (κ1) is 26.4. The lowest BCUT2D eigenvalue weighted by Crippen LogP contribution is -2.51. The van der Waals surface area contributed by atoms with Crippen molar-refractivity contribution in [3.63, 3.8) is 0 Å². The molecule has 0 fully saturated rings. The standard InChI is InChI=1S/C11H21N3O.C3H8O.C2H6.C2H2/c1-5-8(2)7-14-9(15)6-11(3,4)13-10(14)12;1-3-4-2;2*1-2/h8H,5-7H2,1-4H3,(H2,12,13);3H2,1-2H3;1-2H3;1-2H/t8-;;;/m0.../s1. The Balaban J connectivity index is -0.000000426. The molecule has 0 aromatic carbocycles. The highest BCUT2D eigenvalue weighted by Gasteiger charge is 2.32. The molecule has 1 atom stereocenters. The summed E-state index contributed by atoms with van der Waals surface area (Å²) in [5, 5.41) is 0. The molecule has 0 radical (unpaired) electrons. The van der Waals surface area contributed by atoms with E-state index in [0.29, 0.717) is 24.8 Å². The van der Waals surface area contributed by atoms with Crippen LogP contribution in [0.15, 0.2) is 4.99 Å². The number of hydrogen-bond donors (Lipinski definition) is 1. The van der Waals surface area contributed by atoms with E-state index in [9.17, 15) is 4.79 Å². The van der Waals surface area contributed by atoms with Crippen LogP contribution in [0.5, 0.6) is 0 Å². The van der Waals surface area contributed by atoms with E-state index in [1.165, 1.54) is 0 Å². The van der Waals surface area contributed by atoms with Crippen molar-refractivity contribution in [1.82, 2.24) is 4.90 Å². The average molecular weight is 328 g/mol. The van der Waals surface area contributed by atoms with Crippen molar-refractivity contribution in [2.75, 3.05) is 20.3 Å². The topological polar surface area (TPSA) is 67.9 Å². The Kier molecular flexibility index (Phi) is 17.6. The van der Waals surface area contributed by atoms with Crippen molar-refractivity contribution < 1.29 is 9.53 Å². The van der Waals surface area contributed by atoms with Crippen molar-refractivity contribution in [2.45, 2.75) is 66.8 Å². The van der Waals surface area contributed by atoms with E-state index < -0.39 is 0 Å². The van der Waals surface area contributed by atoms with Crippen molar-refractivity contribution in [3.8, 4) is 12.8 Å². The average Bonchev–Trinajstić information content (AvgIpc) is 2.54. The molecule has 0 aliphatic carbocycles. The minimum Gasteiger partial charge on any atom is -0.385 e. The third-order valence-electron chi connectivity index (χ3n) is 3.06. The fourth-order valence-electron chi connectivity index (χ4n) is 1.64. The second kappa shape index (κ2) is 15.4. The van der Waals surface area contributed by atoms with E-state index in [2.05, 4.69) is 36.4 Å². The van der Waals surface area contributed by atoms with Gasteiger partial charge in [0.05, 0.1) is 12.0 Å². The number of carbonyl (C=O) groups is 1. The van der Waals surface area contributed by atoms with Crippen LogP contribution in [0, 0.1) is 18.8 Å². The van der Waals surface area contributed by atoms with Crippen LogP contribution in [0.25, 0.3) is 0 Å². The predicted molar refractivity (Wildman–Crippen MR) is 100 cm³/mol. The maximum atomic E-state index is 11.8. The molecule has 0 aromatic rings. The summed E-state index contributed by atoms with van der Waals surface area (Å²) in [6, 6.07) is 0. The van der Waals surface area contributed by atoms with Gasteiger partial charge in [-0.05, 0) is 26.7 Å². The van der Waals surface area contributed by atoms with Gasteiger partial charge in [0.2, 0.25) is 5.91 Å². The number of rotatable bonds is 4. The Bertz CT molecular complexity index is 347. The first-order chi connectivity index (χ1) is 10.8. The highest BCUT2D eigenvalue weighted by Crippen LogP contribution is 2.21. The number of hydrogen-bond acceptors (Lipinski definition) is 4. The molecular weight excluding hydrogens is 290 g/mol. The molecule has 136 valence electrons. The monoisotopic (exact) mass is 327 g/mol. The van der Waals surface area contributed by atoms with Gasteiger partial charge in [-0.3, -0.25) is 9.69 Å². The molecule has 1 aliphatic rings. The number of aliphatic imine (C=N–C) groups is 1. The normalized spacial score (nSPS) is 16.3. The summed E-state index contributed by atoms with van der Waals surface area (Å²) in [4.78, 5) is 17.8. The lowest BCUT2D eigenvalue weighted by atomic mass is 9.98. The number of terminal acetylenes is 1. The second-order valence-electron chi connectivity index (χ2n) is 5.55. The second-order valence-corrected chi connectivity index (χ2v) is 5.55. The van der Waals surface area contributed by atoms with Gasteiger partial charge >= 0.3 is 0 Å². The lowest BCUT2D eigenvalue weighted by molar-refractivity contribution is -0.129. The molecule has 0 aromatic heterocycles. The van der Waals surface area contributed by atoms with Crippen LogP contribution in [0.1, 0.15) is 61.3 Å². The van der Waals surface area contributed by atoms with Crippen molar-refractivity contribution in [2.24, 2.45) is 16.6 Å². The summed E-state index contributed by atoms with van der Waals surface area (Å²) in [6.07, 6.45) is 9.49. The molecule has 1 rings (SSSR count). The number of nitrogens with two attached hydrogens (primary N) is 1. The van der Waals surface area contributed by atoms with E-state index in [-0.39, 0.29) is 11.4 Å². The number of ether oxygens (including phenoxy) is 1. The van der Waals surface area contributed by atoms with Gasteiger partial charge < -0.3 is 10.5 Å². The molecule has 0 bridgehead atoms. The van der Waals surface area contributed by atoms with Gasteiger partial charge in [-0.15, -0.1) is 12.8 Å². The molecular formula is C18H37N3O2. The van der Waals surface area contributed by atoms with Gasteiger partial charge in [-0.2, -0.15) is 0 Å². The molecule has 2 N–H and O–H groups in total. The summed E-state index contributed by atoms with van der Waals surface area (Å²) < 4.78 is 4.54. The highest BCUT2D eigenvalue weighted by molar-refractivity contribution is 5.98. The zero-order chi connectivity index (χ0) is 19.1. The van der Waals surface area contributed by atoms with Crippen LogP contribution < -0.4 is 5.73 Å². The van der Waals surface area contributed by atoms with Gasteiger partial charge in [0.1, 0.15) is 0 Å². The fraction of sp³-hybridized carbons (Fsp3) is 0.778. The Morgan fingerprint density at radius 2 is 1.78 bits per heavy atom. The van der Waals surface area contributed by atoms with E-state index in [0.717, 1.165) is 13.0 Å². The highest BCUT2D eigenvalue weighted by atomic mass is 16.5. The van der Waals surface area contributed by atoms with Gasteiger partial charge in [-0.1, -0.05) is 34.1 Å². The van der Waals surface area contributed by atoms with Gasteiger partial charge in [0.25, 0.3) is 0 Å². The van der Waals surface area contributed by atoms with E-state index >= 15 is 0 Å². The molecule has 5 heteroatoms. The predicted octanol–water partition coefficient (Wildman–Crippen LogP) is 3.29. The molecule has 0 saturated carbocycles. The number of nitrogens with zero attached hydrogens (tertiary/aromatic N) is 2. The Morgan fingerprint density at radius 3 is 2.09 bits per heavy atom. The Hall–Kier alpha value is -1.54. The minimum absolute atomic E-state index is 0.0906. The van der Waals surface area contributed by atoms with Crippen LogP contribution in [-0.4, -0.2) is 42.6 Å².